The summed E-state index contributed by atoms with van der Waals surface area (Å²) >= 11 is 5.09. The minimum absolute atomic E-state index is 0.279. The highest BCUT2D eigenvalue weighted by molar-refractivity contribution is 7.80. The number of nitrogens with zero attached hydrogens (tertiary/aromatic N) is 2. The number of benzene rings is 1. The molecule has 4 heteroatoms. The molecule has 3 nitrogen and oxygen atoms in total. The molecule has 0 amide bonds. The van der Waals surface area contributed by atoms with Gasteiger partial charge in [0.05, 0.1) is 4.99 Å². The van der Waals surface area contributed by atoms with Crippen LogP contribution in [-0.2, 0) is 0 Å². The van der Waals surface area contributed by atoms with Gasteiger partial charge in [-0.25, -0.2) is 0 Å². The molecule has 2 N–H and O–H groups in total. The van der Waals surface area contributed by atoms with Crippen molar-refractivity contribution >= 4 is 17.2 Å². The van der Waals surface area contributed by atoms with Crippen molar-refractivity contribution in [2.24, 2.45) is 5.73 Å². The monoisotopic (exact) mass is 279 g/mol. The molecular weight excluding hydrogens is 254 g/mol. The third-order valence-corrected chi connectivity index (χ3v) is 3.39. The molecule has 0 fully saturated rings. The van der Waals surface area contributed by atoms with Gasteiger partial charge in [-0.05, 0) is 46.2 Å². The highest BCUT2D eigenvalue weighted by Gasteiger charge is 2.17. The molecule has 0 aliphatic carbocycles. The van der Waals surface area contributed by atoms with Gasteiger partial charge in [-0.3, -0.25) is 4.90 Å². The van der Waals surface area contributed by atoms with E-state index in [2.05, 4.69) is 55.2 Å². The fourth-order valence-electron chi connectivity index (χ4n) is 2.19. The van der Waals surface area contributed by atoms with Gasteiger partial charge < -0.3 is 10.6 Å². The third-order valence-electron chi connectivity index (χ3n) is 3.23. The van der Waals surface area contributed by atoms with Crippen LogP contribution in [0.3, 0.4) is 0 Å². The van der Waals surface area contributed by atoms with Crippen molar-refractivity contribution in [3.8, 4) is 0 Å². The Morgan fingerprint density at radius 1 is 1.16 bits per heavy atom. The van der Waals surface area contributed by atoms with Gasteiger partial charge in [0.25, 0.3) is 0 Å². The smallest absolute Gasteiger partial charge is 0.0746 e. The van der Waals surface area contributed by atoms with Gasteiger partial charge >= 0.3 is 0 Å². The maximum atomic E-state index is 5.74. The summed E-state index contributed by atoms with van der Waals surface area (Å²) < 4.78 is 0. The molecule has 0 radical (unpaired) electrons. The van der Waals surface area contributed by atoms with Crippen LogP contribution in [0, 0.1) is 0 Å². The van der Waals surface area contributed by atoms with Crippen LogP contribution in [0.25, 0.3) is 0 Å². The molecule has 0 heterocycles. The van der Waals surface area contributed by atoms with Crippen molar-refractivity contribution in [1.29, 1.82) is 0 Å². The van der Waals surface area contributed by atoms with Crippen molar-refractivity contribution in [3.63, 3.8) is 0 Å². The van der Waals surface area contributed by atoms with Crippen LogP contribution in [0.5, 0.6) is 0 Å². The van der Waals surface area contributed by atoms with Crippen LogP contribution in [-0.4, -0.2) is 49.0 Å². The summed E-state index contributed by atoms with van der Waals surface area (Å²) in [6, 6.07) is 10.7. The molecule has 1 rings (SSSR count). The molecule has 0 saturated carbocycles. The van der Waals surface area contributed by atoms with Crippen molar-refractivity contribution in [2.45, 2.75) is 18.9 Å². The molecule has 19 heavy (non-hydrogen) atoms. The van der Waals surface area contributed by atoms with E-state index in [9.17, 15) is 0 Å². The normalized spacial score (nSPS) is 12.9. The second-order valence-corrected chi connectivity index (χ2v) is 5.76. The van der Waals surface area contributed by atoms with Crippen LogP contribution in [0.4, 0.5) is 0 Å². The number of rotatable bonds is 8. The van der Waals surface area contributed by atoms with E-state index in [0.29, 0.717) is 4.99 Å². The third kappa shape index (κ3) is 6.14. The Morgan fingerprint density at radius 2 is 1.79 bits per heavy atom. The zero-order chi connectivity index (χ0) is 14.3. The van der Waals surface area contributed by atoms with Crippen molar-refractivity contribution in [2.75, 3.05) is 34.2 Å². The van der Waals surface area contributed by atoms with E-state index in [1.165, 1.54) is 5.56 Å². The molecule has 1 atom stereocenters. The number of thiocarbonyl (C=S) groups is 1. The lowest BCUT2D eigenvalue weighted by atomic mass is 10.0. The highest BCUT2D eigenvalue weighted by Crippen LogP contribution is 2.23. The Morgan fingerprint density at radius 3 is 2.32 bits per heavy atom. The first-order valence-corrected chi connectivity index (χ1v) is 7.09. The summed E-state index contributed by atoms with van der Waals surface area (Å²) in [7, 11) is 6.35. The standard InChI is InChI=1S/C15H25N3S/c1-17(2)10-7-11-18(3)14(12-15(16)19)13-8-5-4-6-9-13/h4-6,8-9,14H,7,10-12H2,1-3H3,(H2,16,19). The van der Waals surface area contributed by atoms with E-state index in [-0.39, 0.29) is 6.04 Å². The Hall–Kier alpha value is -0.970. The lowest BCUT2D eigenvalue weighted by Crippen LogP contribution is -2.30. The molecule has 1 unspecified atom stereocenters. The van der Waals surface area contributed by atoms with Crippen molar-refractivity contribution in [1.82, 2.24) is 9.80 Å². The van der Waals surface area contributed by atoms with E-state index in [0.717, 1.165) is 25.9 Å². The fraction of sp³-hybridized carbons (Fsp3) is 0.533. The topological polar surface area (TPSA) is 32.5 Å². The lowest BCUT2D eigenvalue weighted by Gasteiger charge is -2.28. The molecule has 0 aromatic heterocycles. The van der Waals surface area contributed by atoms with Crippen LogP contribution < -0.4 is 5.73 Å². The number of hydrogen-bond donors (Lipinski definition) is 1. The minimum atomic E-state index is 0.279. The summed E-state index contributed by atoms with van der Waals surface area (Å²) in [6.45, 7) is 2.14. The predicted octanol–water partition coefficient (Wildman–Crippen LogP) is 2.29. The van der Waals surface area contributed by atoms with Crippen LogP contribution in [0.1, 0.15) is 24.4 Å². The van der Waals surface area contributed by atoms with E-state index >= 15 is 0 Å². The zero-order valence-electron chi connectivity index (χ0n) is 12.2. The summed E-state index contributed by atoms with van der Waals surface area (Å²) in [5.41, 5.74) is 7.02. The summed E-state index contributed by atoms with van der Waals surface area (Å²) in [5, 5.41) is 0. The van der Waals surface area contributed by atoms with Crippen LogP contribution >= 0.6 is 12.2 Å². The number of hydrogen-bond acceptors (Lipinski definition) is 3. The van der Waals surface area contributed by atoms with Crippen LogP contribution in [0.15, 0.2) is 30.3 Å². The quantitative estimate of drug-likeness (QED) is 0.740. The van der Waals surface area contributed by atoms with Crippen LogP contribution in [0.2, 0.25) is 0 Å². The zero-order valence-corrected chi connectivity index (χ0v) is 13.0. The Balaban J connectivity index is 2.66. The first-order chi connectivity index (χ1) is 9.00. The van der Waals surface area contributed by atoms with Gasteiger partial charge in [0, 0.05) is 12.5 Å². The first kappa shape index (κ1) is 16.1. The average Bonchev–Trinajstić information content (AvgIpc) is 2.36. The molecule has 1 aromatic rings. The Labute approximate surface area is 122 Å². The van der Waals surface area contributed by atoms with Gasteiger partial charge in [0.1, 0.15) is 0 Å². The van der Waals surface area contributed by atoms with E-state index < -0.39 is 0 Å². The maximum absolute atomic E-state index is 5.74. The Kier molecular flexibility index (Phi) is 6.99. The molecule has 0 spiro atoms. The maximum Gasteiger partial charge on any atom is 0.0746 e. The van der Waals surface area contributed by atoms with E-state index in [1.54, 1.807) is 0 Å². The van der Waals surface area contributed by atoms with Crippen molar-refractivity contribution in [3.05, 3.63) is 35.9 Å². The SMILES string of the molecule is CN(C)CCCN(C)C(CC(N)=S)c1ccccc1. The molecule has 106 valence electrons. The molecule has 0 aliphatic rings. The summed E-state index contributed by atoms with van der Waals surface area (Å²) in [4.78, 5) is 5.13. The summed E-state index contributed by atoms with van der Waals surface area (Å²) in [6.07, 6.45) is 1.88. The fourth-order valence-corrected chi connectivity index (χ4v) is 2.34. The van der Waals surface area contributed by atoms with Crippen molar-refractivity contribution < 1.29 is 0 Å². The van der Waals surface area contributed by atoms with Gasteiger partial charge in [-0.15, -0.1) is 0 Å². The van der Waals surface area contributed by atoms with E-state index in [4.69, 9.17) is 18.0 Å². The summed E-state index contributed by atoms with van der Waals surface area (Å²) in [5.74, 6) is 0. The largest absolute Gasteiger partial charge is 0.393 e. The minimum Gasteiger partial charge on any atom is -0.393 e. The van der Waals surface area contributed by atoms with Gasteiger partial charge in [0.2, 0.25) is 0 Å². The molecule has 0 aliphatic heterocycles. The first-order valence-electron chi connectivity index (χ1n) is 6.69. The predicted molar refractivity (Wildman–Crippen MR) is 86.4 cm³/mol. The second-order valence-electron chi connectivity index (χ2n) is 5.23. The Bertz CT molecular complexity index is 378. The van der Waals surface area contributed by atoms with Gasteiger partial charge in [0.15, 0.2) is 0 Å². The molecule has 1 aromatic carbocycles. The highest BCUT2D eigenvalue weighted by atomic mass is 32.1. The van der Waals surface area contributed by atoms with E-state index in [1.807, 2.05) is 6.07 Å². The molecular formula is C15H25N3S. The van der Waals surface area contributed by atoms with Gasteiger partial charge in [-0.2, -0.15) is 0 Å². The lowest BCUT2D eigenvalue weighted by molar-refractivity contribution is 0.235. The second kappa shape index (κ2) is 8.25. The average molecular weight is 279 g/mol. The molecule has 0 saturated heterocycles. The molecule has 0 bridgehead atoms. The van der Waals surface area contributed by atoms with Gasteiger partial charge in [-0.1, -0.05) is 42.5 Å². The number of nitrogens with two attached hydrogens (primary N) is 1.